The Morgan fingerprint density at radius 3 is 2.51 bits per heavy atom. The third-order valence-corrected chi connectivity index (χ3v) is 7.24. The van der Waals surface area contributed by atoms with E-state index in [0.29, 0.717) is 47.0 Å². The van der Waals surface area contributed by atoms with Crippen molar-refractivity contribution in [1.29, 1.82) is 0 Å². The van der Waals surface area contributed by atoms with E-state index in [2.05, 4.69) is 22.2 Å². The third-order valence-electron chi connectivity index (χ3n) is 7.24. The highest BCUT2D eigenvalue weighted by atomic mass is 16.2. The number of likely N-dealkylation sites (tertiary alicyclic amines) is 1. The van der Waals surface area contributed by atoms with Gasteiger partial charge in [0, 0.05) is 42.2 Å². The maximum atomic E-state index is 13.5. The zero-order valence-corrected chi connectivity index (χ0v) is 22.1. The van der Waals surface area contributed by atoms with E-state index in [1.54, 1.807) is 29.0 Å². The Bertz CT molecular complexity index is 1460. The lowest BCUT2D eigenvalue weighted by Gasteiger charge is -2.34. The van der Waals surface area contributed by atoms with E-state index >= 15 is 0 Å². The first-order chi connectivity index (χ1) is 18.9. The van der Waals surface area contributed by atoms with Crippen molar-refractivity contribution in [3.05, 3.63) is 96.3 Å². The number of urea groups is 1. The molecule has 0 aliphatic carbocycles. The lowest BCUT2D eigenvalue weighted by atomic mass is 9.99. The Labute approximate surface area is 228 Å². The van der Waals surface area contributed by atoms with E-state index in [0.717, 1.165) is 24.0 Å². The molecule has 4 amide bonds. The summed E-state index contributed by atoms with van der Waals surface area (Å²) in [6, 6.07) is 19.1. The Balaban J connectivity index is 1.44. The number of aryl methyl sites for hydroxylation is 1. The Morgan fingerprint density at radius 2 is 1.79 bits per heavy atom. The maximum absolute atomic E-state index is 13.5. The number of carbonyl (C=O) groups is 3. The molecule has 2 aliphatic rings. The predicted octanol–water partition coefficient (Wildman–Crippen LogP) is 4.94. The number of piperidine rings is 1. The van der Waals surface area contributed by atoms with Gasteiger partial charge in [-0.15, -0.1) is 0 Å². The minimum absolute atomic E-state index is 0.143. The number of pyridine rings is 1. The van der Waals surface area contributed by atoms with Crippen LogP contribution in [0.2, 0.25) is 0 Å². The number of hydrogen-bond donors (Lipinski definition) is 2. The number of fused-ring (bicyclic) bond motifs is 1. The first kappa shape index (κ1) is 25.9. The number of amides is 4. The Hall–Kier alpha value is -4.72. The predicted molar refractivity (Wildman–Crippen MR) is 152 cm³/mol. The van der Waals surface area contributed by atoms with Crippen LogP contribution in [-0.2, 0) is 9.59 Å². The second kappa shape index (κ2) is 10.9. The molecule has 0 bridgehead atoms. The van der Waals surface area contributed by atoms with Gasteiger partial charge in [-0.05, 0) is 62.1 Å². The van der Waals surface area contributed by atoms with E-state index in [9.17, 15) is 14.4 Å². The molecule has 2 aromatic carbocycles. The standard InChI is InChI=1S/C31H31N5O3/c1-4-27(37)35-18-8-11-24(19-35)33-30(38)20(2)29-28-21(3)32-17-16-26(28)36(31(39)34-29)25-14-12-23(13-15-25)22-9-6-5-7-10-22/h4-7,9-10,12-17,24H,1,8,11,18-19H2,2-3H3,(H,33,38)(H,34,39)/b29-20-/t24-/m1/s1. The van der Waals surface area contributed by atoms with Gasteiger partial charge in [-0.25, -0.2) is 4.79 Å². The van der Waals surface area contributed by atoms with Crippen LogP contribution >= 0.6 is 0 Å². The fraction of sp³-hybridized carbons (Fsp3) is 0.226. The maximum Gasteiger partial charge on any atom is 0.330 e. The summed E-state index contributed by atoms with van der Waals surface area (Å²) in [4.78, 5) is 46.6. The fourth-order valence-electron chi connectivity index (χ4n) is 5.19. The third kappa shape index (κ3) is 5.18. The van der Waals surface area contributed by atoms with Gasteiger partial charge in [0.1, 0.15) is 0 Å². The highest BCUT2D eigenvalue weighted by Crippen LogP contribution is 2.38. The van der Waals surface area contributed by atoms with Crippen molar-refractivity contribution < 1.29 is 14.4 Å². The number of aromatic nitrogens is 1. The van der Waals surface area contributed by atoms with Crippen molar-refractivity contribution in [1.82, 2.24) is 20.5 Å². The topological polar surface area (TPSA) is 94.6 Å². The molecule has 1 atom stereocenters. The van der Waals surface area contributed by atoms with Gasteiger partial charge in [0.15, 0.2) is 0 Å². The largest absolute Gasteiger partial charge is 0.348 e. The number of anilines is 2. The average molecular weight is 522 g/mol. The molecule has 0 spiro atoms. The normalized spacial score (nSPS) is 18.1. The van der Waals surface area contributed by atoms with Crippen molar-refractivity contribution in [3.63, 3.8) is 0 Å². The molecule has 39 heavy (non-hydrogen) atoms. The van der Waals surface area contributed by atoms with Gasteiger partial charge in [-0.1, -0.05) is 49.0 Å². The first-order valence-corrected chi connectivity index (χ1v) is 13.0. The number of nitrogens with zero attached hydrogens (tertiary/aromatic N) is 3. The molecular formula is C31H31N5O3. The lowest BCUT2D eigenvalue weighted by molar-refractivity contribution is -0.128. The Morgan fingerprint density at radius 1 is 1.08 bits per heavy atom. The lowest BCUT2D eigenvalue weighted by Crippen LogP contribution is -2.50. The summed E-state index contributed by atoms with van der Waals surface area (Å²) in [7, 11) is 0. The van der Waals surface area contributed by atoms with Gasteiger partial charge in [0.25, 0.3) is 0 Å². The summed E-state index contributed by atoms with van der Waals surface area (Å²) in [5.74, 6) is -0.436. The zero-order chi connectivity index (χ0) is 27.5. The van der Waals surface area contributed by atoms with Gasteiger partial charge < -0.3 is 15.5 Å². The van der Waals surface area contributed by atoms with Crippen LogP contribution in [0.4, 0.5) is 16.2 Å². The summed E-state index contributed by atoms with van der Waals surface area (Å²) >= 11 is 0. The first-order valence-electron chi connectivity index (χ1n) is 13.0. The summed E-state index contributed by atoms with van der Waals surface area (Å²) < 4.78 is 0. The van der Waals surface area contributed by atoms with Gasteiger partial charge in [-0.3, -0.25) is 19.5 Å². The van der Waals surface area contributed by atoms with E-state index in [-0.39, 0.29) is 23.9 Å². The van der Waals surface area contributed by atoms with Crippen molar-refractivity contribution in [2.24, 2.45) is 0 Å². The van der Waals surface area contributed by atoms with Gasteiger partial charge in [0.2, 0.25) is 11.8 Å². The number of benzene rings is 2. The van der Waals surface area contributed by atoms with Crippen molar-refractivity contribution in [2.45, 2.75) is 32.7 Å². The number of rotatable bonds is 5. The fourth-order valence-corrected chi connectivity index (χ4v) is 5.19. The van der Waals surface area contributed by atoms with Gasteiger partial charge in [0.05, 0.1) is 17.1 Å². The van der Waals surface area contributed by atoms with Crippen LogP contribution in [0.3, 0.4) is 0 Å². The minimum Gasteiger partial charge on any atom is -0.348 e. The molecule has 198 valence electrons. The molecule has 5 rings (SSSR count). The SMILES string of the molecule is C=CC(=O)N1CCC[C@@H](NC(=O)/C(C)=C2\NC(=O)N(c3ccc(-c4ccccc4)cc3)c3ccnc(C)c32)C1. The van der Waals surface area contributed by atoms with Crippen molar-refractivity contribution in [2.75, 3.05) is 18.0 Å². The zero-order valence-electron chi connectivity index (χ0n) is 22.1. The van der Waals surface area contributed by atoms with Crippen molar-refractivity contribution >= 4 is 34.9 Å². The molecule has 2 aliphatic heterocycles. The molecule has 8 heteroatoms. The van der Waals surface area contributed by atoms with E-state index in [1.807, 2.05) is 61.5 Å². The summed E-state index contributed by atoms with van der Waals surface area (Å²) in [6.45, 7) is 8.19. The number of nitrogens with one attached hydrogen (secondary N) is 2. The molecule has 2 N–H and O–H groups in total. The highest BCUT2D eigenvalue weighted by molar-refractivity contribution is 6.13. The number of carbonyl (C=O) groups excluding carboxylic acids is 3. The van der Waals surface area contributed by atoms with E-state index in [4.69, 9.17) is 0 Å². The van der Waals surface area contributed by atoms with Crippen LogP contribution in [0.5, 0.6) is 0 Å². The molecular weight excluding hydrogens is 490 g/mol. The van der Waals surface area contributed by atoms with Crippen molar-refractivity contribution in [3.8, 4) is 11.1 Å². The Kier molecular flexibility index (Phi) is 7.27. The molecule has 1 fully saturated rings. The van der Waals surface area contributed by atoms with Crippen LogP contribution in [0.1, 0.15) is 31.0 Å². The second-order valence-corrected chi connectivity index (χ2v) is 9.77. The van der Waals surface area contributed by atoms with Crippen LogP contribution in [0.25, 0.3) is 16.8 Å². The molecule has 0 radical (unpaired) electrons. The summed E-state index contributed by atoms with van der Waals surface area (Å²) in [5, 5.41) is 5.99. The molecule has 0 unspecified atom stereocenters. The highest BCUT2D eigenvalue weighted by Gasteiger charge is 2.33. The molecule has 3 heterocycles. The number of hydrogen-bond acceptors (Lipinski definition) is 4. The van der Waals surface area contributed by atoms with E-state index in [1.165, 1.54) is 6.08 Å². The summed E-state index contributed by atoms with van der Waals surface area (Å²) in [6.07, 6.45) is 4.52. The average Bonchev–Trinajstić information content (AvgIpc) is 2.96. The molecule has 1 aromatic heterocycles. The second-order valence-electron chi connectivity index (χ2n) is 9.77. The molecule has 0 saturated carbocycles. The summed E-state index contributed by atoms with van der Waals surface area (Å²) in [5.41, 5.74) is 5.71. The van der Waals surface area contributed by atoms with E-state index < -0.39 is 0 Å². The quantitative estimate of drug-likeness (QED) is 0.465. The van der Waals surface area contributed by atoms with Crippen LogP contribution in [0, 0.1) is 6.92 Å². The minimum atomic E-state index is -0.358. The van der Waals surface area contributed by atoms with Crippen LogP contribution in [-0.4, -0.2) is 46.9 Å². The molecule has 3 aromatic rings. The monoisotopic (exact) mass is 521 g/mol. The smallest absolute Gasteiger partial charge is 0.330 e. The van der Waals surface area contributed by atoms with Gasteiger partial charge in [-0.2, -0.15) is 0 Å². The molecule has 1 saturated heterocycles. The van der Waals surface area contributed by atoms with Gasteiger partial charge >= 0.3 is 6.03 Å². The molecule has 8 nitrogen and oxygen atoms in total. The van der Waals surface area contributed by atoms with Crippen LogP contribution < -0.4 is 15.5 Å². The van der Waals surface area contributed by atoms with Crippen LogP contribution in [0.15, 0.2) is 85.1 Å².